The van der Waals surface area contributed by atoms with Gasteiger partial charge in [0.05, 0.1) is 16.8 Å². The predicted octanol–water partition coefficient (Wildman–Crippen LogP) is 6.21. The topological polar surface area (TPSA) is 79.7 Å². The summed E-state index contributed by atoms with van der Waals surface area (Å²) in [6.45, 7) is 7.13. The minimum absolute atomic E-state index is 0.00901. The molecule has 34 heavy (non-hydrogen) atoms. The normalized spacial score (nSPS) is 11.8. The first-order valence-electron chi connectivity index (χ1n) is 9.24. The molecule has 0 bridgehead atoms. The second-order valence-corrected chi connectivity index (χ2v) is 6.84. The molecular formula is C22H8F6N6. The minimum Gasteiger partial charge on any atom is -0.358 e. The van der Waals surface area contributed by atoms with Crippen LogP contribution in [-0.4, -0.2) is 19.9 Å². The Hall–Kier alpha value is -4.58. The number of hydrogen-bond donors (Lipinski definition) is 0. The van der Waals surface area contributed by atoms with E-state index in [4.69, 9.17) is 6.57 Å². The summed E-state index contributed by atoms with van der Waals surface area (Å²) in [6.07, 6.45) is -9.15. The maximum Gasteiger partial charge on any atom is 0.416 e. The van der Waals surface area contributed by atoms with E-state index >= 15 is 0 Å². The summed E-state index contributed by atoms with van der Waals surface area (Å²) in [5, 5.41) is 9.18. The lowest BCUT2D eigenvalue weighted by Gasteiger charge is -2.12. The van der Waals surface area contributed by atoms with Crippen molar-refractivity contribution in [2.45, 2.75) is 12.4 Å². The van der Waals surface area contributed by atoms with Crippen LogP contribution in [0.3, 0.4) is 0 Å². The standard InChI is InChI=1S/C22H8F6N6/c1-30-18-15(10-29)31-19-20(34-18)33-17(12-4-8-14(9-5-12)22(26,27)28)16(32-19)11-2-6-13(7-3-11)21(23,24)25/h2-9H. The second-order valence-electron chi connectivity index (χ2n) is 6.84. The summed E-state index contributed by atoms with van der Waals surface area (Å²) >= 11 is 0. The summed E-state index contributed by atoms with van der Waals surface area (Å²) in [5.74, 6) is -0.343. The van der Waals surface area contributed by atoms with Crippen LogP contribution >= 0.6 is 0 Å². The molecule has 0 N–H and O–H groups in total. The van der Waals surface area contributed by atoms with E-state index in [-0.39, 0.29) is 45.3 Å². The first-order chi connectivity index (χ1) is 16.0. The van der Waals surface area contributed by atoms with Crippen LogP contribution in [0.4, 0.5) is 32.2 Å². The Balaban J connectivity index is 1.96. The van der Waals surface area contributed by atoms with Crippen LogP contribution in [0, 0.1) is 17.9 Å². The summed E-state index contributed by atoms with van der Waals surface area (Å²) in [6, 6.07) is 9.56. The molecule has 0 aliphatic heterocycles. The summed E-state index contributed by atoms with van der Waals surface area (Å²) in [4.78, 5) is 19.5. The van der Waals surface area contributed by atoms with Crippen molar-refractivity contribution < 1.29 is 26.3 Å². The van der Waals surface area contributed by atoms with Gasteiger partial charge in [0.2, 0.25) is 5.65 Å². The molecule has 0 saturated carbocycles. The highest BCUT2D eigenvalue weighted by Crippen LogP contribution is 2.36. The minimum atomic E-state index is -4.58. The molecule has 168 valence electrons. The number of hydrogen-bond acceptors (Lipinski definition) is 5. The lowest BCUT2D eigenvalue weighted by Crippen LogP contribution is -2.05. The van der Waals surface area contributed by atoms with Gasteiger partial charge in [0.1, 0.15) is 11.8 Å². The predicted molar refractivity (Wildman–Crippen MR) is 107 cm³/mol. The third-order valence-corrected chi connectivity index (χ3v) is 4.68. The molecule has 0 radical (unpaired) electrons. The van der Waals surface area contributed by atoms with Gasteiger partial charge in [0.25, 0.3) is 5.65 Å². The van der Waals surface area contributed by atoms with Crippen LogP contribution in [0.15, 0.2) is 48.5 Å². The van der Waals surface area contributed by atoms with E-state index < -0.39 is 23.5 Å². The zero-order valence-electron chi connectivity index (χ0n) is 16.6. The number of alkyl halides is 6. The highest BCUT2D eigenvalue weighted by Gasteiger charge is 2.31. The highest BCUT2D eigenvalue weighted by molar-refractivity contribution is 5.84. The Morgan fingerprint density at radius 3 is 1.44 bits per heavy atom. The lowest BCUT2D eigenvalue weighted by atomic mass is 10.0. The van der Waals surface area contributed by atoms with Gasteiger partial charge in [-0.15, -0.1) is 0 Å². The number of fused-ring (bicyclic) bond motifs is 1. The van der Waals surface area contributed by atoms with Crippen molar-refractivity contribution in [2.24, 2.45) is 0 Å². The molecule has 4 aromatic rings. The van der Waals surface area contributed by atoms with Crippen molar-refractivity contribution in [3.05, 3.63) is 76.8 Å². The molecule has 12 heteroatoms. The number of rotatable bonds is 2. The van der Waals surface area contributed by atoms with Gasteiger partial charge in [-0.3, -0.25) is 0 Å². The third-order valence-electron chi connectivity index (χ3n) is 4.68. The van der Waals surface area contributed by atoms with Crippen LogP contribution in [0.25, 0.3) is 38.7 Å². The fraction of sp³-hybridized carbons (Fsp3) is 0.0909. The van der Waals surface area contributed by atoms with E-state index in [1.54, 1.807) is 6.07 Å². The van der Waals surface area contributed by atoms with Crippen molar-refractivity contribution >= 4 is 17.1 Å². The van der Waals surface area contributed by atoms with Crippen molar-refractivity contribution in [2.75, 3.05) is 0 Å². The molecule has 0 aliphatic carbocycles. The quantitative estimate of drug-likeness (QED) is 0.257. The molecule has 0 aliphatic rings. The van der Waals surface area contributed by atoms with Gasteiger partial charge in [-0.05, 0) is 24.3 Å². The Morgan fingerprint density at radius 1 is 0.676 bits per heavy atom. The molecule has 0 fully saturated rings. The summed E-state index contributed by atoms with van der Waals surface area (Å²) in [7, 11) is 0. The lowest BCUT2D eigenvalue weighted by molar-refractivity contribution is -0.138. The van der Waals surface area contributed by atoms with E-state index in [0.717, 1.165) is 48.5 Å². The number of halogens is 6. The highest BCUT2D eigenvalue weighted by atomic mass is 19.4. The summed E-state index contributed by atoms with van der Waals surface area (Å²) < 4.78 is 77.8. The summed E-state index contributed by atoms with van der Waals surface area (Å²) in [5.41, 5.74) is -2.09. The van der Waals surface area contributed by atoms with Crippen LogP contribution in [0.1, 0.15) is 16.8 Å². The number of benzene rings is 2. The van der Waals surface area contributed by atoms with Crippen molar-refractivity contribution in [3.8, 4) is 28.6 Å². The van der Waals surface area contributed by atoms with E-state index in [2.05, 4.69) is 24.8 Å². The average Bonchev–Trinajstić information content (AvgIpc) is 2.81. The maximum absolute atomic E-state index is 13.0. The largest absolute Gasteiger partial charge is 0.416 e. The number of nitriles is 1. The van der Waals surface area contributed by atoms with E-state index in [0.29, 0.717) is 0 Å². The monoisotopic (exact) mass is 470 g/mol. The van der Waals surface area contributed by atoms with Crippen molar-refractivity contribution in [3.63, 3.8) is 0 Å². The Bertz CT molecular complexity index is 1360. The number of aromatic nitrogens is 4. The van der Waals surface area contributed by atoms with Crippen molar-refractivity contribution in [1.82, 2.24) is 19.9 Å². The van der Waals surface area contributed by atoms with Gasteiger partial charge in [0, 0.05) is 11.1 Å². The molecule has 2 heterocycles. The molecule has 6 nitrogen and oxygen atoms in total. The van der Waals surface area contributed by atoms with Crippen molar-refractivity contribution in [1.29, 1.82) is 5.26 Å². The van der Waals surface area contributed by atoms with Crippen LogP contribution in [0.5, 0.6) is 0 Å². The van der Waals surface area contributed by atoms with E-state index in [1.807, 2.05) is 0 Å². The molecule has 0 atom stereocenters. The van der Waals surface area contributed by atoms with E-state index in [1.165, 1.54) is 0 Å². The first kappa shape index (κ1) is 22.6. The Morgan fingerprint density at radius 2 is 1.09 bits per heavy atom. The molecule has 2 aromatic carbocycles. The molecule has 0 amide bonds. The third kappa shape index (κ3) is 4.21. The van der Waals surface area contributed by atoms with Crippen LogP contribution in [0.2, 0.25) is 0 Å². The fourth-order valence-corrected chi connectivity index (χ4v) is 3.07. The Labute approximate surface area is 187 Å². The van der Waals surface area contributed by atoms with Gasteiger partial charge in [-0.2, -0.15) is 31.6 Å². The average molecular weight is 470 g/mol. The zero-order valence-corrected chi connectivity index (χ0v) is 16.6. The zero-order chi connectivity index (χ0) is 24.7. The van der Waals surface area contributed by atoms with Gasteiger partial charge in [0.15, 0.2) is 5.69 Å². The molecule has 0 unspecified atom stereocenters. The van der Waals surface area contributed by atoms with Gasteiger partial charge in [-0.1, -0.05) is 35.8 Å². The SMILES string of the molecule is [C-]#[N+]c1nc2nc(-c3ccc(C(F)(F)F)cc3)c(-c3ccc(C(F)(F)F)cc3)nc2nc1C#N. The molecular weight excluding hydrogens is 462 g/mol. The molecule has 2 aromatic heterocycles. The van der Waals surface area contributed by atoms with E-state index in [9.17, 15) is 31.6 Å². The first-order valence-corrected chi connectivity index (χ1v) is 9.24. The fourth-order valence-electron chi connectivity index (χ4n) is 3.07. The van der Waals surface area contributed by atoms with Gasteiger partial charge >= 0.3 is 18.2 Å². The maximum atomic E-state index is 13.0. The van der Waals surface area contributed by atoms with Crippen LogP contribution < -0.4 is 0 Å². The Kier molecular flexibility index (Phi) is 5.37. The van der Waals surface area contributed by atoms with Gasteiger partial charge < -0.3 is 4.85 Å². The molecule has 4 rings (SSSR count). The molecule has 0 spiro atoms. The smallest absolute Gasteiger partial charge is 0.358 e. The van der Waals surface area contributed by atoms with Crippen LogP contribution in [-0.2, 0) is 12.4 Å². The second kappa shape index (κ2) is 8.08. The number of nitrogens with zero attached hydrogens (tertiary/aromatic N) is 6. The van der Waals surface area contributed by atoms with Gasteiger partial charge in [-0.25, -0.2) is 15.0 Å². The molecule has 0 saturated heterocycles.